The van der Waals surface area contributed by atoms with Crippen molar-refractivity contribution in [3.63, 3.8) is 0 Å². The molecule has 48 valence electrons. The van der Waals surface area contributed by atoms with E-state index < -0.39 is 10.0 Å². The number of epoxide rings is 1. The van der Waals surface area contributed by atoms with E-state index in [9.17, 15) is 8.42 Å². The van der Waals surface area contributed by atoms with Gasteiger partial charge in [0.05, 0.1) is 12.9 Å². The van der Waals surface area contributed by atoms with E-state index in [0.717, 1.165) is 6.26 Å². The standard InChI is InChI=1S/C3H7NO3S/c1-8(5,6)4-3-2-7-3/h3-4H,2H2,1H3. The first-order valence-corrected chi connectivity index (χ1v) is 4.06. The molecular formula is C3H7NO3S. The van der Waals surface area contributed by atoms with Crippen LogP contribution in [0.25, 0.3) is 0 Å². The summed E-state index contributed by atoms with van der Waals surface area (Å²) in [4.78, 5) is 0. The predicted molar refractivity (Wildman–Crippen MR) is 27.7 cm³/mol. The number of hydrogen-bond acceptors (Lipinski definition) is 3. The molecule has 1 aliphatic heterocycles. The molecule has 5 heteroatoms. The van der Waals surface area contributed by atoms with Gasteiger partial charge in [-0.2, -0.15) is 4.72 Å². The van der Waals surface area contributed by atoms with E-state index in [1.807, 2.05) is 0 Å². The van der Waals surface area contributed by atoms with Crippen LogP contribution in [0.3, 0.4) is 0 Å². The van der Waals surface area contributed by atoms with Crippen molar-refractivity contribution in [1.29, 1.82) is 0 Å². The smallest absolute Gasteiger partial charge is 0.210 e. The maximum absolute atomic E-state index is 10.3. The third kappa shape index (κ3) is 2.25. The van der Waals surface area contributed by atoms with Gasteiger partial charge in [0.1, 0.15) is 6.23 Å². The van der Waals surface area contributed by atoms with Gasteiger partial charge in [-0.25, -0.2) is 8.42 Å². The van der Waals surface area contributed by atoms with Gasteiger partial charge >= 0.3 is 0 Å². The Labute approximate surface area is 47.9 Å². The monoisotopic (exact) mass is 137 g/mol. The number of hydrogen-bond donors (Lipinski definition) is 1. The summed E-state index contributed by atoms with van der Waals surface area (Å²) >= 11 is 0. The van der Waals surface area contributed by atoms with E-state index in [1.54, 1.807) is 0 Å². The van der Waals surface area contributed by atoms with Crippen LogP contribution < -0.4 is 4.72 Å². The predicted octanol–water partition coefficient (Wildman–Crippen LogP) is -1.11. The molecule has 0 saturated carbocycles. The molecule has 1 unspecified atom stereocenters. The van der Waals surface area contributed by atoms with Gasteiger partial charge in [-0.3, -0.25) is 0 Å². The first-order chi connectivity index (χ1) is 3.58. The quantitative estimate of drug-likeness (QED) is 0.491. The molecule has 1 fully saturated rings. The van der Waals surface area contributed by atoms with Gasteiger partial charge in [-0.05, 0) is 0 Å². The molecule has 0 aromatic carbocycles. The largest absolute Gasteiger partial charge is 0.356 e. The Balaban J connectivity index is 2.38. The van der Waals surface area contributed by atoms with Gasteiger partial charge in [0.25, 0.3) is 0 Å². The molecule has 0 bridgehead atoms. The highest BCUT2D eigenvalue weighted by Gasteiger charge is 2.25. The Hall–Kier alpha value is -0.130. The Bertz CT molecular complexity index is 169. The fourth-order valence-corrected chi connectivity index (χ4v) is 0.969. The molecule has 0 amide bonds. The lowest BCUT2D eigenvalue weighted by molar-refractivity contribution is 0.397. The zero-order valence-corrected chi connectivity index (χ0v) is 5.23. The van der Waals surface area contributed by atoms with Crippen molar-refractivity contribution < 1.29 is 13.2 Å². The molecular weight excluding hydrogens is 130 g/mol. The summed E-state index contributed by atoms with van der Waals surface area (Å²) in [7, 11) is -3.04. The molecule has 0 spiro atoms. The minimum absolute atomic E-state index is 0.245. The van der Waals surface area contributed by atoms with Crippen molar-refractivity contribution in [2.75, 3.05) is 12.9 Å². The molecule has 0 aromatic heterocycles. The molecule has 1 aliphatic rings. The second kappa shape index (κ2) is 1.68. The summed E-state index contributed by atoms with van der Waals surface area (Å²) in [5.74, 6) is 0. The van der Waals surface area contributed by atoms with Crippen LogP contribution in [-0.2, 0) is 14.8 Å². The minimum Gasteiger partial charge on any atom is -0.356 e. The molecule has 1 heterocycles. The Kier molecular flexibility index (Phi) is 1.26. The van der Waals surface area contributed by atoms with Gasteiger partial charge in [-0.15, -0.1) is 0 Å². The van der Waals surface area contributed by atoms with Crippen molar-refractivity contribution in [2.24, 2.45) is 0 Å². The van der Waals surface area contributed by atoms with Crippen LogP contribution >= 0.6 is 0 Å². The number of sulfonamides is 1. The molecule has 1 rings (SSSR count). The Morgan fingerprint density at radius 1 is 1.75 bits per heavy atom. The first kappa shape index (κ1) is 6.00. The van der Waals surface area contributed by atoms with Gasteiger partial charge in [0.2, 0.25) is 10.0 Å². The maximum atomic E-state index is 10.3. The number of rotatable bonds is 2. The Morgan fingerprint density at radius 3 is 2.38 bits per heavy atom. The third-order valence-electron chi connectivity index (χ3n) is 0.679. The lowest BCUT2D eigenvalue weighted by Gasteiger charge is -1.91. The highest BCUT2D eigenvalue weighted by atomic mass is 32.2. The maximum Gasteiger partial charge on any atom is 0.210 e. The van der Waals surface area contributed by atoms with E-state index in [4.69, 9.17) is 0 Å². The molecule has 4 nitrogen and oxygen atoms in total. The van der Waals surface area contributed by atoms with Crippen molar-refractivity contribution >= 4 is 10.0 Å². The van der Waals surface area contributed by atoms with Crippen LogP contribution in [0.15, 0.2) is 0 Å². The normalized spacial score (nSPS) is 27.9. The van der Waals surface area contributed by atoms with Gasteiger partial charge < -0.3 is 4.74 Å². The lowest BCUT2D eigenvalue weighted by Crippen LogP contribution is -2.24. The van der Waals surface area contributed by atoms with E-state index in [0.29, 0.717) is 6.61 Å². The van der Waals surface area contributed by atoms with Gasteiger partial charge in [0.15, 0.2) is 0 Å². The number of ether oxygens (including phenoxy) is 1. The summed E-state index contributed by atoms with van der Waals surface area (Å²) in [6.07, 6.45) is 0.860. The molecule has 1 N–H and O–H groups in total. The van der Waals surface area contributed by atoms with E-state index >= 15 is 0 Å². The van der Waals surface area contributed by atoms with Crippen molar-refractivity contribution in [3.8, 4) is 0 Å². The average molecular weight is 137 g/mol. The Morgan fingerprint density at radius 2 is 2.25 bits per heavy atom. The fourth-order valence-electron chi connectivity index (χ4n) is 0.355. The number of nitrogens with one attached hydrogen (secondary N) is 1. The van der Waals surface area contributed by atoms with E-state index in [1.165, 1.54) is 0 Å². The summed E-state index contributed by atoms with van der Waals surface area (Å²) in [6.45, 7) is 0.507. The van der Waals surface area contributed by atoms with Crippen molar-refractivity contribution in [2.45, 2.75) is 6.23 Å². The fraction of sp³-hybridized carbons (Fsp3) is 1.00. The zero-order chi connectivity index (χ0) is 6.20. The lowest BCUT2D eigenvalue weighted by atomic mass is 10.8. The summed E-state index contributed by atoms with van der Waals surface area (Å²) in [5.41, 5.74) is 0. The van der Waals surface area contributed by atoms with Crippen LogP contribution in [0.2, 0.25) is 0 Å². The molecule has 1 saturated heterocycles. The van der Waals surface area contributed by atoms with Crippen molar-refractivity contribution in [1.82, 2.24) is 4.72 Å². The second-order valence-electron chi connectivity index (χ2n) is 1.71. The minimum atomic E-state index is -3.04. The average Bonchev–Trinajstić information content (AvgIpc) is 2.12. The highest BCUT2D eigenvalue weighted by molar-refractivity contribution is 7.88. The van der Waals surface area contributed by atoms with Crippen LogP contribution in [0, 0.1) is 0 Å². The first-order valence-electron chi connectivity index (χ1n) is 2.17. The molecule has 8 heavy (non-hydrogen) atoms. The third-order valence-corrected chi connectivity index (χ3v) is 1.37. The topological polar surface area (TPSA) is 58.7 Å². The van der Waals surface area contributed by atoms with E-state index in [-0.39, 0.29) is 6.23 Å². The van der Waals surface area contributed by atoms with Crippen molar-refractivity contribution in [3.05, 3.63) is 0 Å². The van der Waals surface area contributed by atoms with E-state index in [2.05, 4.69) is 9.46 Å². The SMILES string of the molecule is CS(=O)(=O)NC1CO1. The van der Waals surface area contributed by atoms with Crippen LogP contribution in [-0.4, -0.2) is 27.5 Å². The van der Waals surface area contributed by atoms with Crippen LogP contribution in [0.1, 0.15) is 0 Å². The molecule has 0 radical (unpaired) electrons. The molecule has 0 aliphatic carbocycles. The molecule has 0 aromatic rings. The molecule has 1 atom stereocenters. The van der Waals surface area contributed by atoms with Gasteiger partial charge in [-0.1, -0.05) is 0 Å². The van der Waals surface area contributed by atoms with Gasteiger partial charge in [0, 0.05) is 0 Å². The second-order valence-corrected chi connectivity index (χ2v) is 3.49. The summed E-state index contributed by atoms with van der Waals surface area (Å²) < 4.78 is 27.4. The van der Waals surface area contributed by atoms with Crippen LogP contribution in [0.5, 0.6) is 0 Å². The van der Waals surface area contributed by atoms with Crippen LogP contribution in [0.4, 0.5) is 0 Å². The zero-order valence-electron chi connectivity index (χ0n) is 4.42. The highest BCUT2D eigenvalue weighted by Crippen LogP contribution is 2.04. The summed E-state index contributed by atoms with van der Waals surface area (Å²) in [6, 6.07) is 0. The summed E-state index contributed by atoms with van der Waals surface area (Å²) in [5, 5.41) is 0.